The SMILES string of the molecule is CC(C)c1c(C(=O)NCc2cccc(F)c2)nc(-c2ccc(F)cc2)n1CCC1CCCC(=O)O1. The largest absolute Gasteiger partial charge is 0.462 e. The van der Waals surface area contributed by atoms with Crippen molar-refractivity contribution in [1.29, 1.82) is 0 Å². The molecule has 4 rings (SSSR count). The molecule has 2 heterocycles. The van der Waals surface area contributed by atoms with Gasteiger partial charge in [0.05, 0.1) is 5.69 Å². The molecule has 0 aliphatic carbocycles. The number of nitrogens with one attached hydrogen (secondary N) is 1. The number of halogens is 2. The van der Waals surface area contributed by atoms with E-state index in [1.54, 1.807) is 24.3 Å². The van der Waals surface area contributed by atoms with Crippen LogP contribution in [0.3, 0.4) is 0 Å². The molecule has 35 heavy (non-hydrogen) atoms. The quantitative estimate of drug-likeness (QED) is 0.439. The zero-order chi connectivity index (χ0) is 24.9. The first-order chi connectivity index (χ1) is 16.8. The predicted molar refractivity (Wildman–Crippen MR) is 128 cm³/mol. The van der Waals surface area contributed by atoms with E-state index in [2.05, 4.69) is 10.3 Å². The first kappa shape index (κ1) is 24.6. The maximum atomic E-state index is 13.6. The van der Waals surface area contributed by atoms with Crippen LogP contribution in [-0.4, -0.2) is 27.5 Å². The molecule has 1 fully saturated rings. The summed E-state index contributed by atoms with van der Waals surface area (Å²) in [5.74, 6) is -0.785. The number of esters is 1. The van der Waals surface area contributed by atoms with Crippen molar-refractivity contribution in [3.63, 3.8) is 0 Å². The second-order valence-corrected chi connectivity index (χ2v) is 9.09. The lowest BCUT2D eigenvalue weighted by molar-refractivity contribution is -0.154. The highest BCUT2D eigenvalue weighted by Gasteiger charge is 2.27. The molecule has 8 heteroatoms. The van der Waals surface area contributed by atoms with Crippen LogP contribution in [0.5, 0.6) is 0 Å². The van der Waals surface area contributed by atoms with E-state index in [0.717, 1.165) is 18.5 Å². The van der Waals surface area contributed by atoms with E-state index in [1.807, 2.05) is 18.4 Å². The van der Waals surface area contributed by atoms with Gasteiger partial charge in [0.2, 0.25) is 0 Å². The maximum Gasteiger partial charge on any atom is 0.306 e. The third kappa shape index (κ3) is 5.93. The zero-order valence-electron chi connectivity index (χ0n) is 19.9. The van der Waals surface area contributed by atoms with Crippen LogP contribution >= 0.6 is 0 Å². The Balaban J connectivity index is 1.65. The molecule has 1 saturated heterocycles. The van der Waals surface area contributed by atoms with Gasteiger partial charge in [-0.15, -0.1) is 0 Å². The highest BCUT2D eigenvalue weighted by molar-refractivity contribution is 5.94. The van der Waals surface area contributed by atoms with E-state index < -0.39 is 0 Å². The molecule has 1 aromatic heterocycles. The molecule has 1 aliphatic heterocycles. The Hall–Kier alpha value is -3.55. The summed E-state index contributed by atoms with van der Waals surface area (Å²) in [5.41, 5.74) is 2.33. The molecule has 0 radical (unpaired) electrons. The predicted octanol–water partition coefficient (Wildman–Crippen LogP) is 5.37. The summed E-state index contributed by atoms with van der Waals surface area (Å²) >= 11 is 0. The second kappa shape index (κ2) is 10.8. The first-order valence-corrected chi connectivity index (χ1v) is 11.9. The Bertz CT molecular complexity index is 1200. The molecule has 1 amide bonds. The van der Waals surface area contributed by atoms with Crippen molar-refractivity contribution >= 4 is 11.9 Å². The number of carbonyl (C=O) groups is 2. The van der Waals surface area contributed by atoms with Gasteiger partial charge in [-0.3, -0.25) is 9.59 Å². The van der Waals surface area contributed by atoms with Crippen molar-refractivity contribution in [3.8, 4) is 11.4 Å². The number of rotatable bonds is 8. The fourth-order valence-corrected chi connectivity index (χ4v) is 4.43. The third-order valence-corrected chi connectivity index (χ3v) is 6.09. The molecular weight excluding hydrogens is 452 g/mol. The molecule has 3 aromatic rings. The number of hydrogen-bond acceptors (Lipinski definition) is 4. The van der Waals surface area contributed by atoms with Gasteiger partial charge in [0, 0.05) is 31.5 Å². The van der Waals surface area contributed by atoms with Gasteiger partial charge >= 0.3 is 5.97 Å². The van der Waals surface area contributed by atoms with Gasteiger partial charge in [-0.2, -0.15) is 0 Å². The Morgan fingerprint density at radius 1 is 1.17 bits per heavy atom. The number of imidazole rings is 1. The van der Waals surface area contributed by atoms with Crippen LogP contribution in [0.25, 0.3) is 11.4 Å². The lowest BCUT2D eigenvalue weighted by Gasteiger charge is -2.23. The highest BCUT2D eigenvalue weighted by Crippen LogP contribution is 2.29. The topological polar surface area (TPSA) is 73.2 Å². The summed E-state index contributed by atoms with van der Waals surface area (Å²) in [6, 6.07) is 12.0. The van der Waals surface area contributed by atoms with Crippen molar-refractivity contribution in [2.24, 2.45) is 0 Å². The van der Waals surface area contributed by atoms with E-state index in [4.69, 9.17) is 4.74 Å². The van der Waals surface area contributed by atoms with Crippen molar-refractivity contribution < 1.29 is 23.1 Å². The summed E-state index contributed by atoms with van der Waals surface area (Å²) < 4.78 is 34.6. The van der Waals surface area contributed by atoms with Gasteiger partial charge in [-0.1, -0.05) is 26.0 Å². The highest BCUT2D eigenvalue weighted by atomic mass is 19.1. The van der Waals surface area contributed by atoms with Crippen molar-refractivity contribution in [3.05, 3.63) is 77.1 Å². The number of ether oxygens (including phenoxy) is 1. The molecule has 184 valence electrons. The monoisotopic (exact) mass is 481 g/mol. The molecule has 6 nitrogen and oxygen atoms in total. The number of hydrogen-bond donors (Lipinski definition) is 1. The molecule has 2 aromatic carbocycles. The van der Waals surface area contributed by atoms with Gasteiger partial charge in [0.1, 0.15) is 29.3 Å². The number of amides is 1. The Labute approximate surface area is 203 Å². The van der Waals surface area contributed by atoms with E-state index in [-0.39, 0.29) is 47.8 Å². The smallest absolute Gasteiger partial charge is 0.306 e. The molecule has 1 atom stereocenters. The average Bonchev–Trinajstić information content (AvgIpc) is 3.22. The number of aromatic nitrogens is 2. The fraction of sp³-hybridized carbons (Fsp3) is 0.370. The summed E-state index contributed by atoms with van der Waals surface area (Å²) in [5, 5.41) is 2.84. The molecule has 1 aliphatic rings. The van der Waals surface area contributed by atoms with Crippen molar-refractivity contribution in [1.82, 2.24) is 14.9 Å². The summed E-state index contributed by atoms with van der Waals surface area (Å²) in [6.07, 6.45) is 2.42. The van der Waals surface area contributed by atoms with Crippen LogP contribution in [0, 0.1) is 11.6 Å². The number of nitrogens with zero attached hydrogens (tertiary/aromatic N) is 2. The molecule has 1 N–H and O–H groups in total. The molecular formula is C27H29F2N3O3. The minimum atomic E-state index is -0.371. The lowest BCUT2D eigenvalue weighted by Crippen LogP contribution is -2.26. The van der Waals surface area contributed by atoms with Crippen molar-refractivity contribution in [2.45, 2.75) is 64.6 Å². The van der Waals surface area contributed by atoms with Gasteiger partial charge in [-0.25, -0.2) is 13.8 Å². The lowest BCUT2D eigenvalue weighted by atomic mass is 10.0. The second-order valence-electron chi connectivity index (χ2n) is 9.09. The van der Waals surface area contributed by atoms with Gasteiger partial charge in [0.25, 0.3) is 5.91 Å². The van der Waals surface area contributed by atoms with E-state index in [1.165, 1.54) is 24.3 Å². The van der Waals surface area contributed by atoms with Crippen LogP contribution in [-0.2, 0) is 22.6 Å². The van der Waals surface area contributed by atoms with Gasteiger partial charge < -0.3 is 14.6 Å². The minimum Gasteiger partial charge on any atom is -0.462 e. The van der Waals surface area contributed by atoms with Crippen LogP contribution in [0.15, 0.2) is 48.5 Å². The number of cyclic esters (lactones) is 1. The van der Waals surface area contributed by atoms with Gasteiger partial charge in [0.15, 0.2) is 0 Å². The fourth-order valence-electron chi connectivity index (χ4n) is 4.43. The summed E-state index contributed by atoms with van der Waals surface area (Å²) in [4.78, 5) is 29.6. The van der Waals surface area contributed by atoms with Crippen LogP contribution in [0.2, 0.25) is 0 Å². The van der Waals surface area contributed by atoms with E-state index in [0.29, 0.717) is 36.3 Å². The standard InChI is InChI=1S/C27H29F2N3O3/c1-17(2)25-24(27(34)30-16-18-5-3-6-21(29)15-18)31-26(19-9-11-20(28)12-10-19)32(25)14-13-22-7-4-8-23(33)35-22/h3,5-6,9-12,15,17,22H,4,7-8,13-14,16H2,1-2H3,(H,30,34). The normalized spacial score (nSPS) is 15.8. The zero-order valence-corrected chi connectivity index (χ0v) is 19.9. The minimum absolute atomic E-state index is 0.0412. The van der Waals surface area contributed by atoms with Crippen molar-refractivity contribution in [2.75, 3.05) is 0 Å². The first-order valence-electron chi connectivity index (χ1n) is 11.9. The number of benzene rings is 2. The van der Waals surface area contributed by atoms with Crippen LogP contribution < -0.4 is 5.32 Å². The van der Waals surface area contributed by atoms with E-state index in [9.17, 15) is 18.4 Å². The Morgan fingerprint density at radius 3 is 2.63 bits per heavy atom. The average molecular weight is 482 g/mol. The summed E-state index contributed by atoms with van der Waals surface area (Å²) in [6.45, 7) is 4.60. The number of carbonyl (C=O) groups excluding carboxylic acids is 2. The molecule has 0 saturated carbocycles. The van der Waals surface area contributed by atoms with E-state index >= 15 is 0 Å². The maximum absolute atomic E-state index is 13.6. The molecule has 0 bridgehead atoms. The van der Waals surface area contributed by atoms with Gasteiger partial charge in [-0.05, 0) is 60.7 Å². The van der Waals surface area contributed by atoms with Crippen LogP contribution in [0.1, 0.15) is 67.2 Å². The van der Waals surface area contributed by atoms with Crippen LogP contribution in [0.4, 0.5) is 8.78 Å². The Kier molecular flexibility index (Phi) is 7.58. The molecule has 0 spiro atoms. The summed E-state index contributed by atoms with van der Waals surface area (Å²) in [7, 11) is 0. The molecule has 1 unspecified atom stereocenters. The Morgan fingerprint density at radius 2 is 1.94 bits per heavy atom. The third-order valence-electron chi connectivity index (χ3n) is 6.09.